The van der Waals surface area contributed by atoms with Crippen molar-refractivity contribution in [2.24, 2.45) is 0 Å². The molecule has 0 N–H and O–H groups in total. The molecule has 4 heterocycles. The summed E-state index contributed by atoms with van der Waals surface area (Å²) in [5.41, 5.74) is 9.06. The summed E-state index contributed by atoms with van der Waals surface area (Å²) in [5, 5.41) is 0. The Hall–Kier alpha value is -4.18. The summed E-state index contributed by atoms with van der Waals surface area (Å²) in [7, 11) is 0. The second-order valence-corrected chi connectivity index (χ2v) is 6.89. The monoisotopic (exact) mass is 386 g/mol. The molecule has 0 fully saturated rings. The maximum Gasteiger partial charge on any atom is 0.0273 e. The van der Waals surface area contributed by atoms with Crippen LogP contribution in [0.1, 0.15) is 0 Å². The highest BCUT2D eigenvalue weighted by atomic mass is 14.6. The number of pyridine rings is 4. The summed E-state index contributed by atoms with van der Waals surface area (Å²) in [4.78, 5) is 16.8. The van der Waals surface area contributed by atoms with Crippen LogP contribution in [0.25, 0.3) is 44.5 Å². The predicted octanol–water partition coefficient (Wildman–Crippen LogP) is 5.93. The third-order valence-corrected chi connectivity index (χ3v) is 5.12. The number of nitrogens with zero attached hydrogens (tertiary/aromatic N) is 4. The zero-order chi connectivity index (χ0) is 20.2. The van der Waals surface area contributed by atoms with Gasteiger partial charge in [0.05, 0.1) is 0 Å². The van der Waals surface area contributed by atoms with Crippen molar-refractivity contribution in [2.45, 2.75) is 0 Å². The standard InChI is InChI=1S/C26H18N4/c1-9-27-10-2-19(1)23-17-25(21-5-13-29-14-6-21)26(22-7-15-30-16-8-22)18-24(23)20-3-11-28-12-4-20/h1-18H. The highest BCUT2D eigenvalue weighted by Gasteiger charge is 2.15. The van der Waals surface area contributed by atoms with Crippen molar-refractivity contribution in [3.63, 3.8) is 0 Å². The molecule has 0 unspecified atom stereocenters. The molecule has 0 radical (unpaired) electrons. The van der Waals surface area contributed by atoms with E-state index in [1.54, 1.807) is 0 Å². The molecule has 0 bridgehead atoms. The SMILES string of the molecule is c1cc(-c2cc(-c3ccncc3)c(-c3ccncc3)cc2-c2ccncc2)ccn1. The van der Waals surface area contributed by atoms with E-state index in [-0.39, 0.29) is 0 Å². The Morgan fingerprint density at radius 2 is 0.500 bits per heavy atom. The highest BCUT2D eigenvalue weighted by Crippen LogP contribution is 2.41. The van der Waals surface area contributed by atoms with Crippen molar-refractivity contribution in [1.29, 1.82) is 0 Å². The summed E-state index contributed by atoms with van der Waals surface area (Å²) in [6.07, 6.45) is 14.6. The third-order valence-electron chi connectivity index (χ3n) is 5.12. The molecular formula is C26H18N4. The van der Waals surface area contributed by atoms with E-state index in [0.29, 0.717) is 0 Å². The highest BCUT2D eigenvalue weighted by molar-refractivity contribution is 5.94. The van der Waals surface area contributed by atoms with Gasteiger partial charge < -0.3 is 0 Å². The number of hydrogen-bond donors (Lipinski definition) is 0. The van der Waals surface area contributed by atoms with Gasteiger partial charge in [-0.2, -0.15) is 0 Å². The fourth-order valence-corrected chi connectivity index (χ4v) is 3.68. The lowest BCUT2D eigenvalue weighted by Gasteiger charge is -2.18. The predicted molar refractivity (Wildman–Crippen MR) is 119 cm³/mol. The van der Waals surface area contributed by atoms with Crippen molar-refractivity contribution in [3.05, 3.63) is 110 Å². The maximum absolute atomic E-state index is 4.19. The number of aromatic nitrogens is 4. The van der Waals surface area contributed by atoms with Gasteiger partial charge >= 0.3 is 0 Å². The molecule has 0 aliphatic carbocycles. The molecule has 5 rings (SSSR count). The van der Waals surface area contributed by atoms with Crippen LogP contribution in [-0.4, -0.2) is 19.9 Å². The van der Waals surface area contributed by atoms with Crippen molar-refractivity contribution in [3.8, 4) is 44.5 Å². The lowest BCUT2D eigenvalue weighted by Crippen LogP contribution is -1.93. The van der Waals surface area contributed by atoms with E-state index < -0.39 is 0 Å². The third kappa shape index (κ3) is 3.47. The minimum atomic E-state index is 1.12. The summed E-state index contributed by atoms with van der Waals surface area (Å²) in [5.74, 6) is 0. The van der Waals surface area contributed by atoms with Crippen LogP contribution in [0.2, 0.25) is 0 Å². The van der Waals surface area contributed by atoms with Crippen LogP contribution in [0, 0.1) is 0 Å². The average Bonchev–Trinajstić information content (AvgIpc) is 2.85. The topological polar surface area (TPSA) is 51.6 Å². The van der Waals surface area contributed by atoms with Crippen molar-refractivity contribution in [1.82, 2.24) is 19.9 Å². The van der Waals surface area contributed by atoms with Gasteiger partial charge in [0.1, 0.15) is 0 Å². The smallest absolute Gasteiger partial charge is 0.0273 e. The van der Waals surface area contributed by atoms with Gasteiger partial charge in [0, 0.05) is 49.6 Å². The van der Waals surface area contributed by atoms with Crippen molar-refractivity contribution < 1.29 is 0 Å². The van der Waals surface area contributed by atoms with Crippen LogP contribution in [-0.2, 0) is 0 Å². The van der Waals surface area contributed by atoms with E-state index in [1.807, 2.05) is 98.1 Å². The van der Waals surface area contributed by atoms with Crippen LogP contribution >= 0.6 is 0 Å². The van der Waals surface area contributed by atoms with Crippen molar-refractivity contribution >= 4 is 0 Å². The molecule has 4 aromatic heterocycles. The maximum atomic E-state index is 4.19. The summed E-state index contributed by atoms with van der Waals surface area (Å²) in [6, 6.07) is 20.9. The number of rotatable bonds is 4. The van der Waals surface area contributed by atoms with Gasteiger partial charge in [0.15, 0.2) is 0 Å². The van der Waals surface area contributed by atoms with E-state index in [4.69, 9.17) is 0 Å². The lowest BCUT2D eigenvalue weighted by atomic mass is 9.86. The van der Waals surface area contributed by atoms with Gasteiger partial charge in [-0.1, -0.05) is 0 Å². The fraction of sp³-hybridized carbons (Fsp3) is 0. The summed E-state index contributed by atoms with van der Waals surface area (Å²) < 4.78 is 0. The van der Waals surface area contributed by atoms with Crippen LogP contribution in [0.3, 0.4) is 0 Å². The van der Waals surface area contributed by atoms with Gasteiger partial charge in [-0.15, -0.1) is 0 Å². The quantitative estimate of drug-likeness (QED) is 0.384. The van der Waals surface area contributed by atoms with E-state index >= 15 is 0 Å². The molecule has 0 aliphatic rings. The molecule has 142 valence electrons. The molecule has 0 atom stereocenters. The molecule has 0 saturated carbocycles. The van der Waals surface area contributed by atoms with Gasteiger partial charge in [-0.05, 0) is 105 Å². The number of hydrogen-bond acceptors (Lipinski definition) is 4. The minimum absolute atomic E-state index is 1.12. The normalized spacial score (nSPS) is 10.7. The van der Waals surface area contributed by atoms with E-state index in [1.165, 1.54) is 0 Å². The van der Waals surface area contributed by atoms with Gasteiger partial charge in [-0.3, -0.25) is 19.9 Å². The molecule has 0 aliphatic heterocycles. The molecule has 0 amide bonds. The zero-order valence-electron chi connectivity index (χ0n) is 16.2. The largest absolute Gasteiger partial charge is 0.265 e. The first-order valence-corrected chi connectivity index (χ1v) is 9.70. The fourth-order valence-electron chi connectivity index (χ4n) is 3.68. The lowest BCUT2D eigenvalue weighted by molar-refractivity contribution is 1.32. The molecule has 30 heavy (non-hydrogen) atoms. The molecule has 4 heteroatoms. The van der Waals surface area contributed by atoms with E-state index in [0.717, 1.165) is 44.5 Å². The van der Waals surface area contributed by atoms with Crippen LogP contribution in [0.15, 0.2) is 110 Å². The van der Waals surface area contributed by atoms with Crippen molar-refractivity contribution in [2.75, 3.05) is 0 Å². The van der Waals surface area contributed by atoms with Gasteiger partial charge in [-0.25, -0.2) is 0 Å². The Balaban J connectivity index is 1.85. The zero-order valence-corrected chi connectivity index (χ0v) is 16.2. The Labute approximate surface area is 175 Å². The molecular weight excluding hydrogens is 368 g/mol. The first kappa shape index (κ1) is 17.9. The molecule has 1 aromatic carbocycles. The molecule has 5 aromatic rings. The first-order valence-electron chi connectivity index (χ1n) is 9.70. The molecule has 0 saturated heterocycles. The summed E-state index contributed by atoms with van der Waals surface area (Å²) in [6.45, 7) is 0. The first-order chi connectivity index (χ1) is 14.9. The average molecular weight is 386 g/mol. The van der Waals surface area contributed by atoms with E-state index in [2.05, 4.69) is 32.1 Å². The van der Waals surface area contributed by atoms with Crippen LogP contribution < -0.4 is 0 Å². The molecule has 4 nitrogen and oxygen atoms in total. The van der Waals surface area contributed by atoms with E-state index in [9.17, 15) is 0 Å². The minimum Gasteiger partial charge on any atom is -0.265 e. The van der Waals surface area contributed by atoms with Gasteiger partial charge in [0.2, 0.25) is 0 Å². The Kier molecular flexibility index (Phi) is 4.80. The van der Waals surface area contributed by atoms with Crippen LogP contribution in [0.4, 0.5) is 0 Å². The Bertz CT molecular complexity index is 1060. The second kappa shape index (κ2) is 8.05. The Morgan fingerprint density at radius 3 is 0.700 bits per heavy atom. The van der Waals surface area contributed by atoms with Gasteiger partial charge in [0.25, 0.3) is 0 Å². The molecule has 0 spiro atoms. The second-order valence-electron chi connectivity index (χ2n) is 6.89. The Morgan fingerprint density at radius 1 is 0.300 bits per heavy atom. The number of benzene rings is 1. The van der Waals surface area contributed by atoms with Crippen LogP contribution in [0.5, 0.6) is 0 Å². The summed E-state index contributed by atoms with van der Waals surface area (Å²) >= 11 is 0.